The number of nitrogens with one attached hydrogen (secondary N) is 2. The number of rotatable bonds is 9. The predicted octanol–water partition coefficient (Wildman–Crippen LogP) is 4.14. The van der Waals surface area contributed by atoms with Crippen molar-refractivity contribution >= 4 is 27.3 Å². The van der Waals surface area contributed by atoms with Gasteiger partial charge in [-0.25, -0.2) is 8.42 Å². The van der Waals surface area contributed by atoms with E-state index < -0.39 is 15.9 Å². The second-order valence-corrected chi connectivity index (χ2v) is 9.01. The summed E-state index contributed by atoms with van der Waals surface area (Å²) >= 11 is 0. The molecule has 174 valence electrons. The average molecular weight is 471 g/mol. The Labute approximate surface area is 193 Å². The lowest BCUT2D eigenvalue weighted by Crippen LogP contribution is -2.21. The highest BCUT2D eigenvalue weighted by atomic mass is 32.2. The molecule has 3 rings (SSSR count). The zero-order valence-electron chi connectivity index (χ0n) is 18.8. The molecule has 3 aromatic carbocycles. The first kappa shape index (κ1) is 23.9. The van der Waals surface area contributed by atoms with Crippen LogP contribution in [0.3, 0.4) is 0 Å². The third-order valence-corrected chi connectivity index (χ3v) is 6.05. The number of methoxy groups -OCH3 is 2. The summed E-state index contributed by atoms with van der Waals surface area (Å²) in [4.78, 5) is 12.3. The topological polar surface area (TPSA) is 103 Å². The maximum absolute atomic E-state index is 13.0. The van der Waals surface area contributed by atoms with E-state index in [4.69, 9.17) is 14.2 Å². The van der Waals surface area contributed by atoms with E-state index in [9.17, 15) is 13.2 Å². The van der Waals surface area contributed by atoms with Crippen molar-refractivity contribution in [3.05, 3.63) is 71.8 Å². The van der Waals surface area contributed by atoms with Crippen molar-refractivity contribution in [1.82, 2.24) is 0 Å². The Morgan fingerprint density at radius 3 is 2.06 bits per heavy atom. The number of sulfonamides is 1. The number of ether oxygens (including phenoxy) is 3. The van der Waals surface area contributed by atoms with Gasteiger partial charge in [0, 0.05) is 11.4 Å². The van der Waals surface area contributed by atoms with E-state index >= 15 is 0 Å². The number of carbonyl (C=O) groups is 1. The summed E-state index contributed by atoms with van der Waals surface area (Å²) in [6.45, 7) is 3.67. The molecule has 0 aromatic heterocycles. The Kier molecular flexibility index (Phi) is 7.44. The summed E-state index contributed by atoms with van der Waals surface area (Å²) in [6, 6.07) is 16.5. The third kappa shape index (κ3) is 6.39. The van der Waals surface area contributed by atoms with E-state index in [-0.39, 0.29) is 17.3 Å². The fourth-order valence-electron chi connectivity index (χ4n) is 3.20. The van der Waals surface area contributed by atoms with Crippen LogP contribution < -0.4 is 24.2 Å². The Morgan fingerprint density at radius 2 is 1.45 bits per heavy atom. The fraction of sp³-hybridized carbons (Fsp3) is 0.208. The molecule has 0 heterocycles. The second kappa shape index (κ2) is 10.3. The average Bonchev–Trinajstić information content (AvgIpc) is 2.77. The minimum absolute atomic E-state index is 0.117. The summed E-state index contributed by atoms with van der Waals surface area (Å²) < 4.78 is 44.3. The molecule has 9 heteroatoms. The standard InChI is InChI=1S/C24H26N2O6S/c1-16-11-17(2)13-21(12-16)32-15-24(27)25-19-7-10-22(31-4)23(14-19)33(28,29)26-18-5-8-20(30-3)9-6-18/h5-14,26H,15H2,1-4H3,(H,25,27). The Hall–Kier alpha value is -3.72. The van der Waals surface area contributed by atoms with Gasteiger partial charge in [0.1, 0.15) is 22.1 Å². The molecule has 33 heavy (non-hydrogen) atoms. The molecule has 0 spiro atoms. The lowest BCUT2D eigenvalue weighted by Gasteiger charge is -2.14. The molecule has 2 N–H and O–H groups in total. The van der Waals surface area contributed by atoms with Crippen LogP contribution in [0.1, 0.15) is 11.1 Å². The highest BCUT2D eigenvalue weighted by Crippen LogP contribution is 2.29. The molecule has 0 bridgehead atoms. The first-order valence-corrected chi connectivity index (χ1v) is 11.5. The minimum Gasteiger partial charge on any atom is -0.497 e. The quantitative estimate of drug-likeness (QED) is 0.487. The van der Waals surface area contributed by atoms with Crippen LogP contribution in [0.15, 0.2) is 65.6 Å². The van der Waals surface area contributed by atoms with Crippen molar-refractivity contribution in [3.8, 4) is 17.2 Å². The molecular formula is C24H26N2O6S. The van der Waals surface area contributed by atoms with Crippen molar-refractivity contribution in [2.75, 3.05) is 30.9 Å². The number of anilines is 2. The van der Waals surface area contributed by atoms with Gasteiger partial charge in [0.25, 0.3) is 15.9 Å². The second-order valence-electron chi connectivity index (χ2n) is 7.36. The van der Waals surface area contributed by atoms with Crippen molar-refractivity contribution in [2.24, 2.45) is 0 Å². The molecule has 1 amide bonds. The monoisotopic (exact) mass is 470 g/mol. The number of hydrogen-bond donors (Lipinski definition) is 2. The van der Waals surface area contributed by atoms with Crippen molar-refractivity contribution in [2.45, 2.75) is 18.7 Å². The molecule has 0 saturated carbocycles. The van der Waals surface area contributed by atoms with Gasteiger partial charge in [-0.3, -0.25) is 9.52 Å². The highest BCUT2D eigenvalue weighted by molar-refractivity contribution is 7.92. The van der Waals surface area contributed by atoms with Crippen LogP contribution in [-0.4, -0.2) is 35.2 Å². The minimum atomic E-state index is -4.00. The van der Waals surface area contributed by atoms with Gasteiger partial charge in [0.15, 0.2) is 6.61 Å². The lowest BCUT2D eigenvalue weighted by atomic mass is 10.1. The number of hydrogen-bond acceptors (Lipinski definition) is 6. The van der Waals surface area contributed by atoms with Gasteiger partial charge in [-0.05, 0) is 79.6 Å². The first-order valence-electron chi connectivity index (χ1n) is 10.1. The molecule has 3 aromatic rings. The van der Waals surface area contributed by atoms with Crippen molar-refractivity contribution in [3.63, 3.8) is 0 Å². The summed E-state index contributed by atoms with van der Waals surface area (Å²) in [6.07, 6.45) is 0. The summed E-state index contributed by atoms with van der Waals surface area (Å²) in [5.41, 5.74) is 2.70. The van der Waals surface area contributed by atoms with Gasteiger partial charge in [0.05, 0.1) is 14.2 Å². The van der Waals surface area contributed by atoms with Crippen LogP contribution in [-0.2, 0) is 14.8 Å². The summed E-state index contributed by atoms with van der Waals surface area (Å²) in [5.74, 6) is 0.902. The Morgan fingerprint density at radius 1 is 0.818 bits per heavy atom. The van der Waals surface area contributed by atoms with E-state index in [1.807, 2.05) is 32.0 Å². The van der Waals surface area contributed by atoms with Gasteiger partial charge in [-0.2, -0.15) is 0 Å². The fourth-order valence-corrected chi connectivity index (χ4v) is 4.45. The maximum atomic E-state index is 13.0. The number of carbonyl (C=O) groups excluding carboxylic acids is 1. The molecule has 0 unspecified atom stereocenters. The molecule has 0 saturated heterocycles. The van der Waals surface area contributed by atoms with E-state index in [1.165, 1.54) is 26.4 Å². The SMILES string of the molecule is COc1ccc(NS(=O)(=O)c2cc(NC(=O)COc3cc(C)cc(C)c3)ccc2OC)cc1. The van der Waals surface area contributed by atoms with Gasteiger partial charge in [0.2, 0.25) is 0 Å². The molecule has 0 aliphatic carbocycles. The number of benzene rings is 3. The van der Waals surface area contributed by atoms with Crippen LogP contribution in [0.4, 0.5) is 11.4 Å². The Balaban J connectivity index is 1.74. The maximum Gasteiger partial charge on any atom is 0.265 e. The normalized spacial score (nSPS) is 10.9. The molecule has 8 nitrogen and oxygen atoms in total. The van der Waals surface area contributed by atoms with Crippen molar-refractivity contribution < 1.29 is 27.4 Å². The van der Waals surface area contributed by atoms with Gasteiger partial charge in [-0.1, -0.05) is 6.07 Å². The van der Waals surface area contributed by atoms with Crippen LogP contribution in [0.5, 0.6) is 17.2 Å². The largest absolute Gasteiger partial charge is 0.497 e. The van der Waals surface area contributed by atoms with Crippen LogP contribution >= 0.6 is 0 Å². The Bertz CT molecular complexity index is 1220. The van der Waals surface area contributed by atoms with Crippen molar-refractivity contribution in [1.29, 1.82) is 0 Å². The van der Waals surface area contributed by atoms with Gasteiger partial charge >= 0.3 is 0 Å². The van der Waals surface area contributed by atoms with E-state index in [0.29, 0.717) is 22.9 Å². The lowest BCUT2D eigenvalue weighted by molar-refractivity contribution is -0.118. The highest BCUT2D eigenvalue weighted by Gasteiger charge is 2.21. The third-order valence-electron chi connectivity index (χ3n) is 4.64. The van der Waals surface area contributed by atoms with Crippen LogP contribution in [0.25, 0.3) is 0 Å². The van der Waals surface area contributed by atoms with E-state index in [1.54, 1.807) is 30.3 Å². The predicted molar refractivity (Wildman–Crippen MR) is 127 cm³/mol. The summed E-state index contributed by atoms with van der Waals surface area (Å²) in [5, 5.41) is 2.66. The molecular weight excluding hydrogens is 444 g/mol. The van der Waals surface area contributed by atoms with E-state index in [2.05, 4.69) is 10.0 Å². The zero-order chi connectivity index (χ0) is 24.0. The first-order chi connectivity index (χ1) is 15.7. The molecule has 0 radical (unpaired) electrons. The van der Waals surface area contributed by atoms with Gasteiger partial charge in [-0.15, -0.1) is 0 Å². The molecule has 0 aliphatic heterocycles. The van der Waals surface area contributed by atoms with E-state index in [0.717, 1.165) is 11.1 Å². The molecule has 0 aliphatic rings. The number of aryl methyl sites for hydroxylation is 2. The summed E-state index contributed by atoms with van der Waals surface area (Å²) in [7, 11) is -1.10. The van der Waals surface area contributed by atoms with Crippen LogP contribution in [0.2, 0.25) is 0 Å². The van der Waals surface area contributed by atoms with Crippen LogP contribution in [0, 0.1) is 13.8 Å². The molecule has 0 atom stereocenters. The zero-order valence-corrected chi connectivity index (χ0v) is 19.7. The molecule has 0 fully saturated rings. The smallest absolute Gasteiger partial charge is 0.265 e. The van der Waals surface area contributed by atoms with Gasteiger partial charge < -0.3 is 19.5 Å². The number of amides is 1.